The molecule has 0 bridgehead atoms. The Hall–Kier alpha value is -0.930. The lowest BCUT2D eigenvalue weighted by molar-refractivity contribution is -0.121. The van der Waals surface area contributed by atoms with Gasteiger partial charge in [-0.2, -0.15) is 10.2 Å². The molecule has 0 aromatic rings. The second-order valence-electron chi connectivity index (χ2n) is 3.14. The average molecular weight is 169 g/mol. The smallest absolute Gasteiger partial charge is 0.222 e. The number of hydrogen-bond acceptors (Lipinski definition) is 3. The molecule has 4 heteroatoms. The summed E-state index contributed by atoms with van der Waals surface area (Å²) in [5.74, 6) is -0.331. The summed E-state index contributed by atoms with van der Waals surface area (Å²) in [6.45, 7) is 1.28. The van der Waals surface area contributed by atoms with E-state index in [-0.39, 0.29) is 11.8 Å². The molecule has 0 aromatic carbocycles. The Kier molecular flexibility index (Phi) is 3.70. The van der Waals surface area contributed by atoms with Gasteiger partial charge in [0.2, 0.25) is 5.91 Å². The summed E-state index contributed by atoms with van der Waals surface area (Å²) < 4.78 is 0. The molecule has 0 aliphatic carbocycles. The summed E-state index contributed by atoms with van der Waals surface area (Å²) in [4.78, 5) is 10.9. The highest BCUT2D eigenvalue weighted by molar-refractivity contribution is 5.76. The number of carbonyl (C=O) groups excluding carboxylic acids is 1. The lowest BCUT2D eigenvalue weighted by Crippen LogP contribution is -2.25. The van der Waals surface area contributed by atoms with Crippen molar-refractivity contribution in [2.45, 2.75) is 25.7 Å². The molecule has 1 heterocycles. The first-order valence-corrected chi connectivity index (χ1v) is 4.43. The van der Waals surface area contributed by atoms with Gasteiger partial charge >= 0.3 is 0 Å². The van der Waals surface area contributed by atoms with E-state index in [1.165, 1.54) is 0 Å². The number of rotatable bonds is 1. The molecule has 68 valence electrons. The maximum Gasteiger partial charge on any atom is 0.222 e. The van der Waals surface area contributed by atoms with E-state index in [1.807, 2.05) is 0 Å². The third-order valence-corrected chi connectivity index (χ3v) is 2.12. The molecule has 0 radical (unpaired) electrons. The van der Waals surface area contributed by atoms with E-state index in [1.54, 1.807) is 0 Å². The highest BCUT2D eigenvalue weighted by Crippen LogP contribution is 2.12. The van der Waals surface area contributed by atoms with Gasteiger partial charge in [-0.25, -0.2) is 0 Å². The van der Waals surface area contributed by atoms with E-state index in [4.69, 9.17) is 5.73 Å². The minimum absolute atomic E-state index is 0.0909. The summed E-state index contributed by atoms with van der Waals surface area (Å²) in [6, 6.07) is 0. The van der Waals surface area contributed by atoms with Crippen LogP contribution in [0.25, 0.3) is 0 Å². The molecule has 0 aromatic heterocycles. The van der Waals surface area contributed by atoms with E-state index in [0.717, 1.165) is 32.2 Å². The van der Waals surface area contributed by atoms with Crippen molar-refractivity contribution in [1.29, 1.82) is 0 Å². The van der Waals surface area contributed by atoms with E-state index in [2.05, 4.69) is 10.2 Å². The number of primary amides is 1. The van der Waals surface area contributed by atoms with Crippen molar-refractivity contribution in [2.24, 2.45) is 21.9 Å². The van der Waals surface area contributed by atoms with Gasteiger partial charge in [-0.1, -0.05) is 12.8 Å². The molecule has 0 spiro atoms. The number of carbonyl (C=O) groups is 1. The first kappa shape index (κ1) is 9.16. The fraction of sp³-hybridized carbons (Fsp3) is 0.875. The fourth-order valence-corrected chi connectivity index (χ4v) is 1.30. The van der Waals surface area contributed by atoms with Crippen LogP contribution in [0.5, 0.6) is 0 Å². The van der Waals surface area contributed by atoms with Crippen molar-refractivity contribution in [3.8, 4) is 0 Å². The lowest BCUT2D eigenvalue weighted by atomic mass is 10.0. The van der Waals surface area contributed by atoms with Gasteiger partial charge < -0.3 is 5.73 Å². The molecule has 1 rings (SSSR count). The normalized spacial score (nSPS) is 25.5. The van der Waals surface area contributed by atoms with Crippen LogP contribution in [0.15, 0.2) is 10.2 Å². The molecule has 0 saturated carbocycles. The summed E-state index contributed by atoms with van der Waals surface area (Å²) in [7, 11) is 0. The van der Waals surface area contributed by atoms with Crippen LogP contribution < -0.4 is 5.73 Å². The third kappa shape index (κ3) is 2.98. The molecular weight excluding hydrogens is 154 g/mol. The fourth-order valence-electron chi connectivity index (χ4n) is 1.30. The van der Waals surface area contributed by atoms with Crippen LogP contribution in [0, 0.1) is 5.92 Å². The zero-order valence-electron chi connectivity index (χ0n) is 7.20. The molecule has 1 amide bonds. The molecular formula is C8H15N3O. The molecule has 4 nitrogen and oxygen atoms in total. The molecule has 12 heavy (non-hydrogen) atoms. The summed E-state index contributed by atoms with van der Waals surface area (Å²) in [5, 5.41) is 7.86. The van der Waals surface area contributed by atoms with Crippen LogP contribution >= 0.6 is 0 Å². The van der Waals surface area contributed by atoms with E-state index in [0.29, 0.717) is 6.54 Å². The molecule has 1 unspecified atom stereocenters. The van der Waals surface area contributed by atoms with Crippen LogP contribution in [-0.4, -0.2) is 19.0 Å². The predicted octanol–water partition coefficient (Wildman–Crippen LogP) is 1.11. The van der Waals surface area contributed by atoms with Gasteiger partial charge in [0, 0.05) is 0 Å². The number of amides is 1. The predicted molar refractivity (Wildman–Crippen MR) is 45.7 cm³/mol. The SMILES string of the molecule is NC(=O)C1CCCCCN=NC1. The van der Waals surface area contributed by atoms with Crippen molar-refractivity contribution in [2.75, 3.05) is 13.1 Å². The van der Waals surface area contributed by atoms with Crippen LogP contribution in [0.3, 0.4) is 0 Å². The highest BCUT2D eigenvalue weighted by atomic mass is 16.1. The maximum atomic E-state index is 10.9. The van der Waals surface area contributed by atoms with Crippen molar-refractivity contribution in [1.82, 2.24) is 0 Å². The van der Waals surface area contributed by atoms with Crippen molar-refractivity contribution in [3.05, 3.63) is 0 Å². The first-order valence-electron chi connectivity index (χ1n) is 4.43. The van der Waals surface area contributed by atoms with E-state index in [9.17, 15) is 4.79 Å². The maximum absolute atomic E-state index is 10.9. The van der Waals surface area contributed by atoms with Gasteiger partial charge in [0.15, 0.2) is 0 Å². The average Bonchev–Trinajstić information content (AvgIpc) is 2.15. The zero-order valence-corrected chi connectivity index (χ0v) is 7.20. The third-order valence-electron chi connectivity index (χ3n) is 2.12. The Bertz CT molecular complexity index is 179. The number of nitrogens with zero attached hydrogens (tertiary/aromatic N) is 2. The molecule has 0 fully saturated rings. The van der Waals surface area contributed by atoms with Crippen molar-refractivity contribution < 1.29 is 4.79 Å². The second-order valence-corrected chi connectivity index (χ2v) is 3.14. The van der Waals surface area contributed by atoms with Gasteiger partial charge in [-0.15, -0.1) is 0 Å². The molecule has 1 aliphatic rings. The van der Waals surface area contributed by atoms with Crippen LogP contribution in [0.1, 0.15) is 25.7 Å². The van der Waals surface area contributed by atoms with Crippen LogP contribution in [-0.2, 0) is 4.79 Å². The Morgan fingerprint density at radius 1 is 1.25 bits per heavy atom. The van der Waals surface area contributed by atoms with Gasteiger partial charge in [-0.3, -0.25) is 4.79 Å². The van der Waals surface area contributed by atoms with Gasteiger partial charge in [-0.05, 0) is 12.8 Å². The monoisotopic (exact) mass is 169 g/mol. The summed E-state index contributed by atoms with van der Waals surface area (Å²) in [6.07, 6.45) is 4.14. The van der Waals surface area contributed by atoms with E-state index >= 15 is 0 Å². The first-order chi connectivity index (χ1) is 5.80. The van der Waals surface area contributed by atoms with Gasteiger partial charge in [0.05, 0.1) is 19.0 Å². The number of azo groups is 1. The molecule has 1 atom stereocenters. The summed E-state index contributed by atoms with van der Waals surface area (Å²) in [5.41, 5.74) is 5.20. The quantitative estimate of drug-likeness (QED) is 0.627. The minimum Gasteiger partial charge on any atom is -0.369 e. The van der Waals surface area contributed by atoms with Crippen LogP contribution in [0.4, 0.5) is 0 Å². The highest BCUT2D eigenvalue weighted by Gasteiger charge is 2.14. The second kappa shape index (κ2) is 4.85. The standard InChI is InChI=1S/C8H15N3O/c9-8(12)7-4-2-1-3-5-10-11-6-7/h7H,1-6H2,(H2,9,12). The van der Waals surface area contributed by atoms with Gasteiger partial charge in [0.25, 0.3) is 0 Å². The molecule has 2 N–H and O–H groups in total. The lowest BCUT2D eigenvalue weighted by Gasteiger charge is -2.07. The van der Waals surface area contributed by atoms with Gasteiger partial charge in [0.1, 0.15) is 0 Å². The van der Waals surface area contributed by atoms with Crippen molar-refractivity contribution >= 4 is 5.91 Å². The summed E-state index contributed by atoms with van der Waals surface area (Å²) >= 11 is 0. The molecule has 0 saturated heterocycles. The van der Waals surface area contributed by atoms with Crippen molar-refractivity contribution in [3.63, 3.8) is 0 Å². The Morgan fingerprint density at radius 3 is 2.83 bits per heavy atom. The number of hydrogen-bond donors (Lipinski definition) is 1. The zero-order chi connectivity index (χ0) is 8.81. The Labute approximate surface area is 72.2 Å². The van der Waals surface area contributed by atoms with Crippen LogP contribution in [0.2, 0.25) is 0 Å². The largest absolute Gasteiger partial charge is 0.369 e. The van der Waals surface area contributed by atoms with E-state index < -0.39 is 0 Å². The Morgan fingerprint density at radius 2 is 2.08 bits per heavy atom. The minimum atomic E-state index is -0.240. The Balaban J connectivity index is 2.44. The molecule has 1 aliphatic heterocycles. The topological polar surface area (TPSA) is 67.8 Å². The number of nitrogens with two attached hydrogens (primary N) is 1.